The van der Waals surface area contributed by atoms with Crippen LogP contribution in [0.2, 0.25) is 0 Å². The molecule has 0 unspecified atom stereocenters. The summed E-state index contributed by atoms with van der Waals surface area (Å²) in [5, 5.41) is 6.85. The van der Waals surface area contributed by atoms with E-state index in [0.29, 0.717) is 5.41 Å². The molecule has 5 heteroatoms. The molecule has 2 N–H and O–H groups in total. The summed E-state index contributed by atoms with van der Waals surface area (Å²) in [5.74, 6) is 1.64. The monoisotopic (exact) mass is 411 g/mol. The van der Waals surface area contributed by atoms with E-state index in [-0.39, 0.29) is 29.6 Å². The fourth-order valence-corrected chi connectivity index (χ4v) is 2.86. The number of nitrogens with one attached hydrogen (secondary N) is 2. The van der Waals surface area contributed by atoms with Gasteiger partial charge in [-0.1, -0.05) is 20.3 Å². The Morgan fingerprint density at radius 1 is 1.29 bits per heavy atom. The molecule has 0 amide bonds. The van der Waals surface area contributed by atoms with E-state index in [2.05, 4.69) is 43.3 Å². The number of nitrogens with zero attached hydrogens (tertiary/aromatic N) is 1. The number of halogens is 1. The minimum Gasteiger partial charge on any atom is -0.377 e. The highest BCUT2D eigenvalue weighted by atomic mass is 127. The number of guanidine groups is 1. The van der Waals surface area contributed by atoms with Crippen molar-refractivity contribution < 1.29 is 4.74 Å². The molecule has 0 spiro atoms. The Labute approximate surface area is 147 Å². The average molecular weight is 411 g/mol. The predicted octanol–water partition coefficient (Wildman–Crippen LogP) is 3.41. The molecular weight excluding hydrogens is 377 g/mol. The summed E-state index contributed by atoms with van der Waals surface area (Å²) in [6.45, 7) is 10.5. The largest absolute Gasteiger partial charge is 0.377 e. The molecule has 1 fully saturated rings. The molecule has 0 atom stereocenters. The van der Waals surface area contributed by atoms with Crippen LogP contribution < -0.4 is 10.6 Å². The second kappa shape index (κ2) is 9.18. The first kappa shape index (κ1) is 21.0. The van der Waals surface area contributed by atoms with Gasteiger partial charge in [0.25, 0.3) is 0 Å². The third-order valence-corrected chi connectivity index (χ3v) is 4.34. The van der Waals surface area contributed by atoms with Crippen LogP contribution in [0.3, 0.4) is 0 Å². The van der Waals surface area contributed by atoms with E-state index in [9.17, 15) is 0 Å². The van der Waals surface area contributed by atoms with Crippen LogP contribution in [0, 0.1) is 11.3 Å². The predicted molar refractivity (Wildman–Crippen MR) is 102 cm³/mol. The number of methoxy groups -OCH3 is 1. The van der Waals surface area contributed by atoms with Gasteiger partial charge < -0.3 is 15.4 Å². The van der Waals surface area contributed by atoms with Crippen LogP contribution >= 0.6 is 24.0 Å². The highest BCUT2D eigenvalue weighted by Crippen LogP contribution is 2.45. The van der Waals surface area contributed by atoms with Gasteiger partial charge in [0.2, 0.25) is 0 Å². The van der Waals surface area contributed by atoms with Crippen LogP contribution in [0.5, 0.6) is 0 Å². The molecule has 0 aromatic rings. The molecule has 0 aromatic heterocycles. The zero-order valence-electron chi connectivity index (χ0n) is 14.6. The van der Waals surface area contributed by atoms with E-state index in [1.165, 1.54) is 25.7 Å². The lowest BCUT2D eigenvalue weighted by molar-refractivity contribution is 0.0267. The van der Waals surface area contributed by atoms with Crippen molar-refractivity contribution in [1.29, 1.82) is 0 Å². The van der Waals surface area contributed by atoms with Gasteiger partial charge in [-0.3, -0.25) is 4.99 Å². The van der Waals surface area contributed by atoms with E-state index in [1.54, 1.807) is 7.11 Å². The van der Waals surface area contributed by atoms with Crippen molar-refractivity contribution in [1.82, 2.24) is 10.6 Å². The van der Waals surface area contributed by atoms with Crippen LogP contribution in [-0.2, 0) is 4.74 Å². The van der Waals surface area contributed by atoms with Crippen molar-refractivity contribution >= 4 is 29.9 Å². The van der Waals surface area contributed by atoms with Crippen molar-refractivity contribution in [3.8, 4) is 0 Å². The maximum Gasteiger partial charge on any atom is 0.191 e. The third-order valence-electron chi connectivity index (χ3n) is 4.34. The second-order valence-corrected chi connectivity index (χ2v) is 7.19. The van der Waals surface area contributed by atoms with E-state index in [4.69, 9.17) is 4.74 Å². The fourth-order valence-electron chi connectivity index (χ4n) is 2.86. The molecule has 0 radical (unpaired) electrons. The number of hydrogen-bond acceptors (Lipinski definition) is 2. The molecule has 0 bridgehead atoms. The molecule has 21 heavy (non-hydrogen) atoms. The fraction of sp³-hybridized carbons (Fsp3) is 0.938. The van der Waals surface area contributed by atoms with Gasteiger partial charge in [-0.2, -0.15) is 0 Å². The van der Waals surface area contributed by atoms with Gasteiger partial charge in [0.1, 0.15) is 0 Å². The van der Waals surface area contributed by atoms with E-state index in [1.807, 2.05) is 7.05 Å². The highest BCUT2D eigenvalue weighted by Gasteiger charge is 2.37. The zero-order chi connectivity index (χ0) is 15.2. The molecule has 0 heterocycles. The Balaban J connectivity index is 0.00000400. The molecule has 4 nitrogen and oxygen atoms in total. The lowest BCUT2D eigenvalue weighted by Crippen LogP contribution is -2.49. The topological polar surface area (TPSA) is 45.7 Å². The van der Waals surface area contributed by atoms with E-state index >= 15 is 0 Å². The van der Waals surface area contributed by atoms with Gasteiger partial charge in [0.15, 0.2) is 5.96 Å². The summed E-state index contributed by atoms with van der Waals surface area (Å²) in [4.78, 5) is 4.30. The molecule has 0 aliphatic heterocycles. The first-order chi connectivity index (χ1) is 9.32. The lowest BCUT2D eigenvalue weighted by atomic mass is 9.64. The van der Waals surface area contributed by atoms with Crippen LogP contribution in [0.4, 0.5) is 0 Å². The Kier molecular flexibility index (Phi) is 9.16. The van der Waals surface area contributed by atoms with Crippen LogP contribution in [0.25, 0.3) is 0 Å². The van der Waals surface area contributed by atoms with Crippen molar-refractivity contribution in [2.75, 3.05) is 27.2 Å². The SMILES string of the molecule is CN=C(NCC1(CC(C)C)CCC1)NCC(C)(C)OC.I. The molecule has 0 saturated heterocycles. The summed E-state index contributed by atoms with van der Waals surface area (Å²) >= 11 is 0. The summed E-state index contributed by atoms with van der Waals surface area (Å²) in [6, 6.07) is 0. The van der Waals surface area contributed by atoms with Gasteiger partial charge in [-0.25, -0.2) is 0 Å². The van der Waals surface area contributed by atoms with E-state index in [0.717, 1.165) is 25.0 Å². The number of rotatable bonds is 7. The molecule has 1 aliphatic carbocycles. The summed E-state index contributed by atoms with van der Waals surface area (Å²) in [7, 11) is 3.56. The Bertz CT molecular complexity index is 325. The maximum atomic E-state index is 5.42. The number of aliphatic imine (C=N–C) groups is 1. The van der Waals surface area contributed by atoms with Gasteiger partial charge >= 0.3 is 0 Å². The average Bonchev–Trinajstić information content (AvgIpc) is 2.35. The summed E-state index contributed by atoms with van der Waals surface area (Å²) < 4.78 is 5.42. The van der Waals surface area contributed by atoms with Crippen LogP contribution in [0.1, 0.15) is 53.4 Å². The molecule has 1 aliphatic rings. The highest BCUT2D eigenvalue weighted by molar-refractivity contribution is 14.0. The Morgan fingerprint density at radius 2 is 1.90 bits per heavy atom. The third kappa shape index (κ3) is 7.17. The van der Waals surface area contributed by atoms with Crippen LogP contribution in [0.15, 0.2) is 4.99 Å². The lowest BCUT2D eigenvalue weighted by Gasteiger charge is -2.43. The van der Waals surface area contributed by atoms with Crippen LogP contribution in [-0.4, -0.2) is 38.8 Å². The van der Waals surface area contributed by atoms with Crippen molar-refractivity contribution in [2.45, 2.75) is 59.0 Å². The van der Waals surface area contributed by atoms with Crippen molar-refractivity contribution in [2.24, 2.45) is 16.3 Å². The molecule has 126 valence electrons. The summed E-state index contributed by atoms with van der Waals surface area (Å²) in [6.07, 6.45) is 5.37. The smallest absolute Gasteiger partial charge is 0.191 e. The van der Waals surface area contributed by atoms with Gasteiger partial charge in [0.05, 0.1) is 5.60 Å². The molecule has 1 rings (SSSR count). The second-order valence-electron chi connectivity index (χ2n) is 7.19. The normalized spacial score (nSPS) is 18.0. The Morgan fingerprint density at radius 3 is 2.29 bits per heavy atom. The molecule has 0 aromatic carbocycles. The molecule has 1 saturated carbocycles. The first-order valence-corrected chi connectivity index (χ1v) is 7.82. The number of hydrogen-bond donors (Lipinski definition) is 2. The van der Waals surface area contributed by atoms with Crippen molar-refractivity contribution in [3.05, 3.63) is 0 Å². The number of ether oxygens (including phenoxy) is 1. The standard InChI is InChI=1S/C16H33N3O.HI/c1-13(2)10-16(8-7-9-16)12-19-14(17-5)18-11-15(3,4)20-6;/h13H,7-12H2,1-6H3,(H2,17,18,19);1H. The van der Waals surface area contributed by atoms with Gasteiger partial charge in [0, 0.05) is 27.2 Å². The summed E-state index contributed by atoms with van der Waals surface area (Å²) in [5.41, 5.74) is 0.312. The maximum absolute atomic E-state index is 5.42. The minimum atomic E-state index is -0.177. The van der Waals surface area contributed by atoms with Crippen molar-refractivity contribution in [3.63, 3.8) is 0 Å². The van der Waals surface area contributed by atoms with Gasteiger partial charge in [-0.15, -0.1) is 24.0 Å². The van der Waals surface area contributed by atoms with Gasteiger partial charge in [-0.05, 0) is 44.4 Å². The Hall–Kier alpha value is -0.0400. The first-order valence-electron chi connectivity index (χ1n) is 7.82. The zero-order valence-corrected chi connectivity index (χ0v) is 16.9. The minimum absolute atomic E-state index is 0. The quantitative estimate of drug-likeness (QED) is 0.384. The molecular formula is C16H34IN3O. The van der Waals surface area contributed by atoms with E-state index < -0.39 is 0 Å².